The largest absolute Gasteiger partial charge is 0.399 e. The molecule has 4 heteroatoms. The molecule has 0 radical (unpaired) electrons. The molecule has 1 atom stereocenters. The van der Waals surface area contributed by atoms with Crippen LogP contribution in [0.1, 0.15) is 24.8 Å². The third-order valence-electron chi connectivity index (χ3n) is 3.67. The van der Waals surface area contributed by atoms with Gasteiger partial charge in [-0.25, -0.2) is 0 Å². The first-order valence-corrected chi connectivity index (χ1v) is 6.96. The number of anilines is 1. The third kappa shape index (κ3) is 4.24. The Labute approximate surface area is 115 Å². The number of para-hydroxylation sites is 1. The summed E-state index contributed by atoms with van der Waals surface area (Å²) >= 11 is 0. The van der Waals surface area contributed by atoms with E-state index in [0.717, 1.165) is 37.2 Å². The van der Waals surface area contributed by atoms with Crippen molar-refractivity contribution >= 4 is 11.6 Å². The zero-order valence-corrected chi connectivity index (χ0v) is 11.6. The predicted octanol–water partition coefficient (Wildman–Crippen LogP) is 1.41. The number of aryl methyl sites for hydroxylation is 1. The quantitative estimate of drug-likeness (QED) is 0.806. The minimum absolute atomic E-state index is 0.128. The number of amides is 1. The number of nitrogens with one attached hydrogen (secondary N) is 1. The molecule has 0 spiro atoms. The first-order chi connectivity index (χ1) is 9.15. The van der Waals surface area contributed by atoms with Crippen molar-refractivity contribution in [2.45, 2.75) is 31.7 Å². The maximum absolute atomic E-state index is 11.9. The van der Waals surface area contributed by atoms with Gasteiger partial charge in [0.15, 0.2) is 0 Å². The van der Waals surface area contributed by atoms with Crippen molar-refractivity contribution in [2.75, 3.05) is 25.9 Å². The molecule has 4 nitrogen and oxygen atoms in total. The SMILES string of the molecule is CN1CCCC(NC(=O)CCc2ccccc2N)C1. The van der Waals surface area contributed by atoms with Crippen molar-refractivity contribution in [1.82, 2.24) is 10.2 Å². The highest BCUT2D eigenvalue weighted by molar-refractivity contribution is 5.76. The van der Waals surface area contributed by atoms with Crippen LogP contribution < -0.4 is 11.1 Å². The molecule has 2 rings (SSSR count). The molecule has 0 saturated carbocycles. The first-order valence-electron chi connectivity index (χ1n) is 6.96. The van der Waals surface area contributed by atoms with Crippen molar-refractivity contribution in [1.29, 1.82) is 0 Å². The number of carbonyl (C=O) groups excluding carboxylic acids is 1. The molecule has 1 saturated heterocycles. The van der Waals surface area contributed by atoms with E-state index in [2.05, 4.69) is 17.3 Å². The summed E-state index contributed by atoms with van der Waals surface area (Å²) in [5.74, 6) is 0.128. The highest BCUT2D eigenvalue weighted by Crippen LogP contribution is 2.13. The Balaban J connectivity index is 1.77. The summed E-state index contributed by atoms with van der Waals surface area (Å²) in [7, 11) is 2.10. The van der Waals surface area contributed by atoms with Gasteiger partial charge < -0.3 is 16.0 Å². The lowest BCUT2D eigenvalue weighted by molar-refractivity contribution is -0.122. The van der Waals surface area contributed by atoms with Crippen LogP contribution in [-0.2, 0) is 11.2 Å². The molecular weight excluding hydrogens is 238 g/mol. The average Bonchev–Trinajstić information content (AvgIpc) is 2.38. The summed E-state index contributed by atoms with van der Waals surface area (Å²) in [6.45, 7) is 2.09. The van der Waals surface area contributed by atoms with Crippen LogP contribution in [0.4, 0.5) is 5.69 Å². The van der Waals surface area contributed by atoms with Gasteiger partial charge >= 0.3 is 0 Å². The van der Waals surface area contributed by atoms with E-state index in [9.17, 15) is 4.79 Å². The lowest BCUT2D eigenvalue weighted by Gasteiger charge is -2.30. The Kier molecular flexibility index (Phi) is 4.80. The number of likely N-dealkylation sites (N-methyl/N-ethyl adjacent to an activating group) is 1. The zero-order valence-electron chi connectivity index (χ0n) is 11.6. The van der Waals surface area contributed by atoms with Crippen LogP contribution in [0.2, 0.25) is 0 Å². The lowest BCUT2D eigenvalue weighted by Crippen LogP contribution is -2.46. The van der Waals surface area contributed by atoms with Gasteiger partial charge in [-0.05, 0) is 44.5 Å². The number of hydrogen-bond donors (Lipinski definition) is 2. The minimum Gasteiger partial charge on any atom is -0.399 e. The van der Waals surface area contributed by atoms with Crippen LogP contribution in [0.3, 0.4) is 0 Å². The van der Waals surface area contributed by atoms with E-state index in [1.807, 2.05) is 24.3 Å². The van der Waals surface area contributed by atoms with Crippen LogP contribution in [-0.4, -0.2) is 37.0 Å². The maximum atomic E-state index is 11.9. The topological polar surface area (TPSA) is 58.4 Å². The number of hydrogen-bond acceptors (Lipinski definition) is 3. The smallest absolute Gasteiger partial charge is 0.220 e. The predicted molar refractivity (Wildman–Crippen MR) is 77.8 cm³/mol. The number of rotatable bonds is 4. The van der Waals surface area contributed by atoms with Gasteiger partial charge in [0.1, 0.15) is 0 Å². The standard InChI is InChI=1S/C15H23N3O/c1-18-10-4-6-13(11-18)17-15(19)9-8-12-5-2-3-7-14(12)16/h2-3,5,7,13H,4,6,8-11,16H2,1H3,(H,17,19). The summed E-state index contributed by atoms with van der Waals surface area (Å²) in [4.78, 5) is 14.2. The lowest BCUT2D eigenvalue weighted by atomic mass is 10.0. The van der Waals surface area contributed by atoms with Crippen molar-refractivity contribution in [3.63, 3.8) is 0 Å². The number of nitrogens with zero attached hydrogens (tertiary/aromatic N) is 1. The molecule has 1 aliphatic rings. The number of benzene rings is 1. The summed E-state index contributed by atoms with van der Waals surface area (Å²) in [5.41, 5.74) is 7.70. The van der Waals surface area contributed by atoms with E-state index in [1.165, 1.54) is 0 Å². The fourth-order valence-electron chi connectivity index (χ4n) is 2.59. The summed E-state index contributed by atoms with van der Waals surface area (Å²) < 4.78 is 0. The molecule has 19 heavy (non-hydrogen) atoms. The van der Waals surface area contributed by atoms with Crippen molar-refractivity contribution in [3.05, 3.63) is 29.8 Å². The molecule has 104 valence electrons. The van der Waals surface area contributed by atoms with E-state index in [-0.39, 0.29) is 5.91 Å². The van der Waals surface area contributed by atoms with Crippen molar-refractivity contribution in [3.8, 4) is 0 Å². The molecule has 0 aromatic heterocycles. The Morgan fingerprint density at radius 3 is 3.00 bits per heavy atom. The third-order valence-corrected chi connectivity index (χ3v) is 3.67. The van der Waals surface area contributed by atoms with Crippen molar-refractivity contribution < 1.29 is 4.79 Å². The number of piperidine rings is 1. The number of nitrogen functional groups attached to an aromatic ring is 1. The van der Waals surface area contributed by atoms with Gasteiger partial charge in [0.25, 0.3) is 0 Å². The Hall–Kier alpha value is -1.55. The second kappa shape index (κ2) is 6.57. The molecule has 1 unspecified atom stereocenters. The molecule has 0 aliphatic carbocycles. The molecule has 3 N–H and O–H groups in total. The van der Waals surface area contributed by atoms with E-state index in [1.54, 1.807) is 0 Å². The first kappa shape index (κ1) is 13.9. The minimum atomic E-state index is 0.128. The fourth-order valence-corrected chi connectivity index (χ4v) is 2.59. The molecule has 1 aliphatic heterocycles. The monoisotopic (exact) mass is 261 g/mol. The van der Waals surface area contributed by atoms with E-state index in [0.29, 0.717) is 18.9 Å². The van der Waals surface area contributed by atoms with E-state index >= 15 is 0 Å². The second-order valence-electron chi connectivity index (χ2n) is 5.37. The Bertz CT molecular complexity index is 433. The van der Waals surface area contributed by atoms with Crippen molar-refractivity contribution in [2.24, 2.45) is 0 Å². The molecule has 0 bridgehead atoms. The zero-order chi connectivity index (χ0) is 13.7. The number of likely N-dealkylation sites (tertiary alicyclic amines) is 1. The van der Waals surface area contributed by atoms with Crippen LogP contribution in [0.15, 0.2) is 24.3 Å². The molecule has 1 aromatic carbocycles. The highest BCUT2D eigenvalue weighted by Gasteiger charge is 2.18. The molecule has 1 heterocycles. The van der Waals surface area contributed by atoms with Gasteiger partial charge in [-0.1, -0.05) is 18.2 Å². The Morgan fingerprint density at radius 1 is 1.47 bits per heavy atom. The highest BCUT2D eigenvalue weighted by atomic mass is 16.1. The average molecular weight is 261 g/mol. The molecule has 1 amide bonds. The number of nitrogens with two attached hydrogens (primary N) is 1. The van der Waals surface area contributed by atoms with Gasteiger partial charge in [0.2, 0.25) is 5.91 Å². The van der Waals surface area contributed by atoms with Gasteiger partial charge in [0.05, 0.1) is 0 Å². The van der Waals surface area contributed by atoms with E-state index < -0.39 is 0 Å². The number of carbonyl (C=O) groups is 1. The summed E-state index contributed by atoms with van der Waals surface area (Å²) in [6, 6.07) is 8.04. The fraction of sp³-hybridized carbons (Fsp3) is 0.533. The van der Waals surface area contributed by atoms with Gasteiger partial charge in [-0.15, -0.1) is 0 Å². The van der Waals surface area contributed by atoms with Gasteiger partial charge in [-0.2, -0.15) is 0 Å². The second-order valence-corrected chi connectivity index (χ2v) is 5.37. The van der Waals surface area contributed by atoms with Crippen LogP contribution in [0.5, 0.6) is 0 Å². The van der Waals surface area contributed by atoms with Gasteiger partial charge in [-0.3, -0.25) is 4.79 Å². The van der Waals surface area contributed by atoms with Crippen LogP contribution >= 0.6 is 0 Å². The van der Waals surface area contributed by atoms with E-state index in [4.69, 9.17) is 5.73 Å². The maximum Gasteiger partial charge on any atom is 0.220 e. The molecule has 1 aromatic rings. The normalized spacial score (nSPS) is 20.2. The summed E-state index contributed by atoms with van der Waals surface area (Å²) in [6.07, 6.45) is 3.46. The molecular formula is C15H23N3O. The van der Waals surface area contributed by atoms with Gasteiger partial charge in [0, 0.05) is 24.7 Å². The van der Waals surface area contributed by atoms with Crippen LogP contribution in [0.25, 0.3) is 0 Å². The van der Waals surface area contributed by atoms with Crippen LogP contribution in [0, 0.1) is 0 Å². The molecule has 1 fully saturated rings. The Morgan fingerprint density at radius 2 is 2.26 bits per heavy atom. The summed E-state index contributed by atoms with van der Waals surface area (Å²) in [5, 5.41) is 3.12.